The minimum atomic E-state index is 0.305. The third-order valence-corrected chi connectivity index (χ3v) is 5.96. The molecule has 156 valence electrons. The number of hydrogen-bond donors (Lipinski definition) is 1. The van der Waals surface area contributed by atoms with E-state index in [0.717, 1.165) is 60.0 Å². The van der Waals surface area contributed by atoms with Gasteiger partial charge in [-0.05, 0) is 55.4 Å². The fourth-order valence-electron chi connectivity index (χ4n) is 4.23. The van der Waals surface area contributed by atoms with E-state index in [1.807, 2.05) is 25.2 Å². The molecule has 0 spiro atoms. The lowest BCUT2D eigenvalue weighted by Gasteiger charge is -2.20. The molecule has 0 bridgehead atoms. The first-order chi connectivity index (χ1) is 14.5. The van der Waals surface area contributed by atoms with Gasteiger partial charge in [0.25, 0.3) is 0 Å². The van der Waals surface area contributed by atoms with Gasteiger partial charge in [-0.3, -0.25) is 0 Å². The van der Waals surface area contributed by atoms with Crippen LogP contribution in [-0.4, -0.2) is 29.0 Å². The van der Waals surface area contributed by atoms with E-state index in [1.165, 1.54) is 16.7 Å². The molecule has 1 aliphatic rings. The van der Waals surface area contributed by atoms with E-state index in [2.05, 4.69) is 61.4 Å². The number of nitrogens with one attached hydrogen (secondary N) is 1. The van der Waals surface area contributed by atoms with Crippen LogP contribution in [0.1, 0.15) is 54.4 Å². The van der Waals surface area contributed by atoms with Gasteiger partial charge in [0.1, 0.15) is 11.6 Å². The van der Waals surface area contributed by atoms with E-state index in [1.54, 1.807) is 0 Å². The summed E-state index contributed by atoms with van der Waals surface area (Å²) < 4.78 is 0. The lowest BCUT2D eigenvalue weighted by molar-refractivity contribution is 0.750. The van der Waals surface area contributed by atoms with Crippen molar-refractivity contribution < 1.29 is 0 Å². The van der Waals surface area contributed by atoms with Crippen LogP contribution in [-0.2, 0) is 19.3 Å². The molecule has 0 unspecified atom stereocenters. The summed E-state index contributed by atoms with van der Waals surface area (Å²) in [7, 11) is 4.02. The molecule has 0 radical (unpaired) electrons. The molecule has 0 aliphatic heterocycles. The standard InChI is InChI=1S/C25H31N5/c1-6-20-24(19-15-26-23(30(4)5)14-16(19)3)27-21(7-2)25(28-20)29-22-13-12-17-10-8-9-11-18(17)22/h8-11,14-15,22H,6-7,12-13H2,1-5H3,(H,28,29)/t22-/m0/s1. The maximum atomic E-state index is 5.09. The number of rotatable bonds is 6. The van der Waals surface area contributed by atoms with Gasteiger partial charge in [-0.1, -0.05) is 38.1 Å². The topological polar surface area (TPSA) is 53.9 Å². The van der Waals surface area contributed by atoms with Gasteiger partial charge in [0, 0.05) is 25.9 Å². The summed E-state index contributed by atoms with van der Waals surface area (Å²) in [6, 6.07) is 11.1. The number of hydrogen-bond acceptors (Lipinski definition) is 5. The molecule has 0 fully saturated rings. The average molecular weight is 402 g/mol. The summed E-state index contributed by atoms with van der Waals surface area (Å²) in [4.78, 5) is 16.8. The van der Waals surface area contributed by atoms with Crippen molar-refractivity contribution in [1.82, 2.24) is 15.0 Å². The van der Waals surface area contributed by atoms with Crippen LogP contribution in [0.2, 0.25) is 0 Å². The second kappa shape index (κ2) is 8.42. The summed E-state index contributed by atoms with van der Waals surface area (Å²) in [5.74, 6) is 1.88. The van der Waals surface area contributed by atoms with Gasteiger partial charge in [-0.15, -0.1) is 0 Å². The largest absolute Gasteiger partial charge is 0.363 e. The maximum absolute atomic E-state index is 5.09. The van der Waals surface area contributed by atoms with Crippen molar-refractivity contribution in [2.24, 2.45) is 0 Å². The van der Waals surface area contributed by atoms with Crippen molar-refractivity contribution >= 4 is 11.6 Å². The van der Waals surface area contributed by atoms with Crippen LogP contribution < -0.4 is 10.2 Å². The molecule has 0 saturated heterocycles. The molecule has 2 aromatic heterocycles. The SMILES string of the molecule is CCc1nc(-c2cnc(N(C)C)cc2C)c(CC)nc1N[C@H]1CCc2ccccc21. The molecule has 1 aromatic carbocycles. The van der Waals surface area contributed by atoms with Gasteiger partial charge in [0.2, 0.25) is 0 Å². The number of aryl methyl sites for hydroxylation is 4. The number of benzene rings is 1. The quantitative estimate of drug-likeness (QED) is 0.620. The average Bonchev–Trinajstić information content (AvgIpc) is 3.16. The fourth-order valence-corrected chi connectivity index (χ4v) is 4.23. The summed E-state index contributed by atoms with van der Waals surface area (Å²) in [5.41, 5.74) is 8.06. The zero-order chi connectivity index (χ0) is 21.3. The molecule has 3 aromatic rings. The Bertz CT molecular complexity index is 1060. The van der Waals surface area contributed by atoms with Crippen LogP contribution in [0.4, 0.5) is 11.6 Å². The first-order valence-corrected chi connectivity index (χ1v) is 10.9. The van der Waals surface area contributed by atoms with Crippen molar-refractivity contribution in [3.05, 3.63) is 64.6 Å². The van der Waals surface area contributed by atoms with E-state index in [-0.39, 0.29) is 0 Å². The van der Waals surface area contributed by atoms with E-state index >= 15 is 0 Å². The maximum Gasteiger partial charge on any atom is 0.148 e. The Kier molecular flexibility index (Phi) is 5.71. The monoisotopic (exact) mass is 401 g/mol. The zero-order valence-corrected chi connectivity index (χ0v) is 18.7. The third-order valence-electron chi connectivity index (χ3n) is 5.96. The predicted molar refractivity (Wildman–Crippen MR) is 124 cm³/mol. The van der Waals surface area contributed by atoms with Crippen molar-refractivity contribution in [3.63, 3.8) is 0 Å². The molecule has 1 aliphatic carbocycles. The Hall–Kier alpha value is -2.95. The molecule has 5 nitrogen and oxygen atoms in total. The molecule has 0 amide bonds. The molecule has 30 heavy (non-hydrogen) atoms. The van der Waals surface area contributed by atoms with Gasteiger partial charge in [0.05, 0.1) is 23.1 Å². The lowest BCUT2D eigenvalue weighted by Crippen LogP contribution is -2.14. The first-order valence-electron chi connectivity index (χ1n) is 10.9. The summed E-state index contributed by atoms with van der Waals surface area (Å²) in [6.07, 6.45) is 5.82. The zero-order valence-electron chi connectivity index (χ0n) is 18.7. The smallest absolute Gasteiger partial charge is 0.148 e. The van der Waals surface area contributed by atoms with E-state index < -0.39 is 0 Å². The Balaban J connectivity index is 1.72. The Morgan fingerprint density at radius 1 is 1.07 bits per heavy atom. The van der Waals surface area contributed by atoms with Crippen molar-refractivity contribution in [2.75, 3.05) is 24.3 Å². The summed E-state index contributed by atoms with van der Waals surface area (Å²) >= 11 is 0. The van der Waals surface area contributed by atoms with Gasteiger partial charge in [-0.2, -0.15) is 0 Å². The second-order valence-electron chi connectivity index (χ2n) is 8.21. The third kappa shape index (κ3) is 3.76. The predicted octanol–water partition coefficient (Wildman–Crippen LogP) is 5.14. The minimum absolute atomic E-state index is 0.305. The van der Waals surface area contributed by atoms with E-state index in [4.69, 9.17) is 9.97 Å². The highest BCUT2D eigenvalue weighted by Crippen LogP contribution is 2.35. The van der Waals surface area contributed by atoms with Crippen molar-refractivity contribution in [1.29, 1.82) is 0 Å². The summed E-state index contributed by atoms with van der Waals surface area (Å²) in [6.45, 7) is 6.41. The van der Waals surface area contributed by atoms with E-state index in [0.29, 0.717) is 6.04 Å². The van der Waals surface area contributed by atoms with Crippen LogP contribution in [0.25, 0.3) is 11.3 Å². The number of anilines is 2. The van der Waals surface area contributed by atoms with Crippen molar-refractivity contribution in [3.8, 4) is 11.3 Å². The van der Waals surface area contributed by atoms with Gasteiger partial charge in [0.15, 0.2) is 0 Å². The number of nitrogens with zero attached hydrogens (tertiary/aromatic N) is 4. The molecule has 4 rings (SSSR count). The Morgan fingerprint density at radius 2 is 1.83 bits per heavy atom. The van der Waals surface area contributed by atoms with Crippen LogP contribution in [0.15, 0.2) is 36.5 Å². The van der Waals surface area contributed by atoms with Gasteiger partial charge in [-0.25, -0.2) is 15.0 Å². The summed E-state index contributed by atoms with van der Waals surface area (Å²) in [5, 5.41) is 3.71. The molecule has 2 heterocycles. The highest BCUT2D eigenvalue weighted by molar-refractivity contribution is 5.68. The lowest BCUT2D eigenvalue weighted by atomic mass is 10.0. The molecular formula is C25H31N5. The van der Waals surface area contributed by atoms with Gasteiger partial charge < -0.3 is 10.2 Å². The Morgan fingerprint density at radius 3 is 2.53 bits per heavy atom. The Labute approximate surface area is 179 Å². The second-order valence-corrected chi connectivity index (χ2v) is 8.21. The number of aromatic nitrogens is 3. The minimum Gasteiger partial charge on any atom is -0.363 e. The van der Waals surface area contributed by atoms with E-state index in [9.17, 15) is 0 Å². The van der Waals surface area contributed by atoms with Crippen LogP contribution in [0.3, 0.4) is 0 Å². The molecular weight excluding hydrogens is 370 g/mol. The van der Waals surface area contributed by atoms with Gasteiger partial charge >= 0.3 is 0 Å². The van der Waals surface area contributed by atoms with Crippen LogP contribution in [0.5, 0.6) is 0 Å². The molecule has 1 N–H and O–H groups in total. The highest BCUT2D eigenvalue weighted by Gasteiger charge is 2.24. The molecule has 5 heteroatoms. The fraction of sp³-hybridized carbons (Fsp3) is 0.400. The first kappa shape index (κ1) is 20.3. The number of pyridine rings is 1. The van der Waals surface area contributed by atoms with Crippen molar-refractivity contribution in [2.45, 2.75) is 52.5 Å². The van der Waals surface area contributed by atoms with Crippen LogP contribution in [0, 0.1) is 6.92 Å². The number of fused-ring (bicyclic) bond motifs is 1. The van der Waals surface area contributed by atoms with Crippen LogP contribution >= 0.6 is 0 Å². The molecule has 0 saturated carbocycles. The molecule has 1 atom stereocenters. The highest BCUT2D eigenvalue weighted by atomic mass is 15.1. The normalized spacial score (nSPS) is 15.2.